The van der Waals surface area contributed by atoms with Crippen LogP contribution in [-0.4, -0.2) is 19.3 Å². The first-order chi connectivity index (χ1) is 9.58. The molecule has 2 rings (SSSR count). The van der Waals surface area contributed by atoms with Crippen molar-refractivity contribution in [2.45, 2.75) is 13.0 Å². The minimum absolute atomic E-state index is 0.383. The number of benzene rings is 2. The molecule has 20 heavy (non-hydrogen) atoms. The second-order valence-electron chi connectivity index (χ2n) is 4.45. The minimum Gasteiger partial charge on any atom is -0.493 e. The van der Waals surface area contributed by atoms with Crippen molar-refractivity contribution in [1.82, 2.24) is 0 Å². The van der Waals surface area contributed by atoms with Crippen LogP contribution in [-0.2, 0) is 0 Å². The highest BCUT2D eigenvalue weighted by molar-refractivity contribution is 5.76. The number of aliphatic hydroxyl groups excluding tert-OH is 1. The first-order valence-corrected chi connectivity index (χ1v) is 6.27. The molecule has 2 aromatic carbocycles. The molecule has 0 saturated heterocycles. The zero-order valence-corrected chi connectivity index (χ0v) is 11.7. The molecule has 4 heteroatoms. The van der Waals surface area contributed by atoms with Crippen molar-refractivity contribution in [3.63, 3.8) is 0 Å². The Morgan fingerprint density at radius 1 is 1.05 bits per heavy atom. The summed E-state index contributed by atoms with van der Waals surface area (Å²) in [6, 6.07) is 9.79. The Morgan fingerprint density at radius 2 is 1.80 bits per heavy atom. The molecule has 0 aliphatic heterocycles. The standard InChI is InChI=1S/C16H17FO3/c1-10(18)14-9-11(17)7-8-12(14)13-5-4-6-15(19-2)16(13)20-3/h4-10,18H,1-3H3. The third-order valence-electron chi connectivity index (χ3n) is 3.16. The predicted molar refractivity (Wildman–Crippen MR) is 75.6 cm³/mol. The Bertz CT molecular complexity index is 609. The van der Waals surface area contributed by atoms with E-state index < -0.39 is 6.10 Å². The monoisotopic (exact) mass is 276 g/mol. The molecule has 0 aliphatic rings. The lowest BCUT2D eigenvalue weighted by Gasteiger charge is -2.17. The molecule has 0 radical (unpaired) electrons. The van der Waals surface area contributed by atoms with Gasteiger partial charge in [-0.3, -0.25) is 0 Å². The Hall–Kier alpha value is -2.07. The lowest BCUT2D eigenvalue weighted by atomic mass is 9.95. The summed E-state index contributed by atoms with van der Waals surface area (Å²) in [5.41, 5.74) is 1.98. The zero-order chi connectivity index (χ0) is 14.7. The van der Waals surface area contributed by atoms with Gasteiger partial charge < -0.3 is 14.6 Å². The van der Waals surface area contributed by atoms with Gasteiger partial charge in [-0.15, -0.1) is 0 Å². The number of aliphatic hydroxyl groups is 1. The minimum atomic E-state index is -0.781. The number of halogens is 1. The summed E-state index contributed by atoms with van der Waals surface area (Å²) in [5, 5.41) is 9.84. The maximum Gasteiger partial charge on any atom is 0.168 e. The van der Waals surface area contributed by atoms with Crippen molar-refractivity contribution in [2.24, 2.45) is 0 Å². The van der Waals surface area contributed by atoms with Gasteiger partial charge in [0.25, 0.3) is 0 Å². The number of rotatable bonds is 4. The van der Waals surface area contributed by atoms with E-state index in [4.69, 9.17) is 9.47 Å². The van der Waals surface area contributed by atoms with Gasteiger partial charge >= 0.3 is 0 Å². The molecule has 0 fully saturated rings. The smallest absolute Gasteiger partial charge is 0.168 e. The molecular weight excluding hydrogens is 259 g/mol. The van der Waals surface area contributed by atoms with Crippen molar-refractivity contribution in [3.05, 3.63) is 47.8 Å². The molecule has 0 spiro atoms. The SMILES string of the molecule is COc1cccc(-c2ccc(F)cc2C(C)O)c1OC. The molecule has 1 unspecified atom stereocenters. The largest absolute Gasteiger partial charge is 0.493 e. The topological polar surface area (TPSA) is 38.7 Å². The van der Waals surface area contributed by atoms with Crippen LogP contribution in [0.25, 0.3) is 11.1 Å². The molecule has 0 saturated carbocycles. The molecule has 0 bridgehead atoms. The summed E-state index contributed by atoms with van der Waals surface area (Å²) >= 11 is 0. The first-order valence-electron chi connectivity index (χ1n) is 6.27. The van der Waals surface area contributed by atoms with Gasteiger partial charge in [-0.1, -0.05) is 18.2 Å². The lowest BCUT2D eigenvalue weighted by Crippen LogP contribution is -1.99. The van der Waals surface area contributed by atoms with Crippen molar-refractivity contribution in [2.75, 3.05) is 14.2 Å². The number of hydrogen-bond acceptors (Lipinski definition) is 3. The van der Waals surface area contributed by atoms with Crippen LogP contribution in [0.15, 0.2) is 36.4 Å². The Morgan fingerprint density at radius 3 is 2.40 bits per heavy atom. The molecule has 3 nitrogen and oxygen atoms in total. The van der Waals surface area contributed by atoms with Crippen LogP contribution in [0.1, 0.15) is 18.6 Å². The number of para-hydroxylation sites is 1. The third kappa shape index (κ3) is 2.60. The fraction of sp³-hybridized carbons (Fsp3) is 0.250. The Labute approximate surface area is 117 Å². The Balaban J connectivity index is 2.68. The number of methoxy groups -OCH3 is 2. The van der Waals surface area contributed by atoms with Crippen molar-refractivity contribution in [3.8, 4) is 22.6 Å². The van der Waals surface area contributed by atoms with Crippen molar-refractivity contribution >= 4 is 0 Å². The second kappa shape index (κ2) is 5.92. The van der Waals surface area contributed by atoms with Crippen molar-refractivity contribution < 1.29 is 19.0 Å². The van der Waals surface area contributed by atoms with Crippen LogP contribution in [0, 0.1) is 5.82 Å². The van der Waals surface area contributed by atoms with Crippen LogP contribution in [0.5, 0.6) is 11.5 Å². The average molecular weight is 276 g/mol. The summed E-state index contributed by atoms with van der Waals surface area (Å²) in [6.45, 7) is 1.60. The Kier molecular flexibility index (Phi) is 4.25. The van der Waals surface area contributed by atoms with Crippen molar-refractivity contribution in [1.29, 1.82) is 0 Å². The maximum absolute atomic E-state index is 13.4. The van der Waals surface area contributed by atoms with Crippen LogP contribution < -0.4 is 9.47 Å². The fourth-order valence-corrected chi connectivity index (χ4v) is 2.22. The molecule has 2 aromatic rings. The summed E-state index contributed by atoms with van der Waals surface area (Å²) in [6.07, 6.45) is -0.781. The molecule has 0 amide bonds. The van der Waals surface area contributed by atoms with E-state index in [-0.39, 0.29) is 5.82 Å². The average Bonchev–Trinajstić information content (AvgIpc) is 2.46. The van der Waals surface area contributed by atoms with E-state index >= 15 is 0 Å². The van der Waals surface area contributed by atoms with Crippen LogP contribution in [0.2, 0.25) is 0 Å². The normalized spacial score (nSPS) is 12.1. The summed E-state index contributed by atoms with van der Waals surface area (Å²) in [5.74, 6) is 0.765. The van der Waals surface area contributed by atoms with Crippen LogP contribution in [0.3, 0.4) is 0 Å². The predicted octanol–water partition coefficient (Wildman–Crippen LogP) is 3.56. The summed E-state index contributed by atoms with van der Waals surface area (Å²) < 4.78 is 24.0. The molecule has 1 N–H and O–H groups in total. The van der Waals surface area contributed by atoms with Gasteiger partial charge in [0, 0.05) is 5.56 Å². The first kappa shape index (κ1) is 14.3. The fourth-order valence-electron chi connectivity index (χ4n) is 2.22. The van der Waals surface area contributed by atoms with E-state index in [1.54, 1.807) is 33.3 Å². The second-order valence-corrected chi connectivity index (χ2v) is 4.45. The third-order valence-corrected chi connectivity index (χ3v) is 3.16. The number of hydrogen-bond donors (Lipinski definition) is 1. The molecular formula is C16H17FO3. The highest BCUT2D eigenvalue weighted by Crippen LogP contribution is 2.40. The highest BCUT2D eigenvalue weighted by Gasteiger charge is 2.17. The van der Waals surface area contributed by atoms with E-state index in [2.05, 4.69) is 0 Å². The quantitative estimate of drug-likeness (QED) is 0.928. The van der Waals surface area contributed by atoms with E-state index in [1.165, 1.54) is 12.1 Å². The maximum atomic E-state index is 13.4. The van der Waals surface area contributed by atoms with Gasteiger partial charge in [-0.05, 0) is 36.2 Å². The molecule has 0 aromatic heterocycles. The van der Waals surface area contributed by atoms with E-state index in [0.717, 1.165) is 11.1 Å². The van der Waals surface area contributed by atoms with Gasteiger partial charge in [0.2, 0.25) is 0 Å². The zero-order valence-electron chi connectivity index (χ0n) is 11.7. The number of ether oxygens (including phenoxy) is 2. The summed E-state index contributed by atoms with van der Waals surface area (Å²) in [4.78, 5) is 0. The highest BCUT2D eigenvalue weighted by atomic mass is 19.1. The summed E-state index contributed by atoms with van der Waals surface area (Å²) in [7, 11) is 3.11. The van der Waals surface area contributed by atoms with Gasteiger partial charge in [0.15, 0.2) is 11.5 Å². The molecule has 106 valence electrons. The lowest BCUT2D eigenvalue weighted by molar-refractivity contribution is 0.199. The van der Waals surface area contributed by atoms with E-state index in [0.29, 0.717) is 17.1 Å². The van der Waals surface area contributed by atoms with Gasteiger partial charge in [0.1, 0.15) is 5.82 Å². The van der Waals surface area contributed by atoms with E-state index in [1.807, 2.05) is 12.1 Å². The van der Waals surface area contributed by atoms with Gasteiger partial charge in [-0.25, -0.2) is 4.39 Å². The van der Waals surface area contributed by atoms with Gasteiger partial charge in [-0.2, -0.15) is 0 Å². The van der Waals surface area contributed by atoms with Crippen LogP contribution in [0.4, 0.5) is 4.39 Å². The van der Waals surface area contributed by atoms with Gasteiger partial charge in [0.05, 0.1) is 20.3 Å². The molecule has 0 aliphatic carbocycles. The van der Waals surface area contributed by atoms with Crippen LogP contribution >= 0.6 is 0 Å². The molecule has 0 heterocycles. The molecule has 1 atom stereocenters. The van der Waals surface area contributed by atoms with E-state index in [9.17, 15) is 9.50 Å².